The van der Waals surface area contributed by atoms with Crippen molar-refractivity contribution in [2.24, 2.45) is 0 Å². The van der Waals surface area contributed by atoms with Crippen LogP contribution in [0.25, 0.3) is 0 Å². The maximum atomic E-state index is 14.0. The number of nitrogens with zero attached hydrogens (tertiary/aromatic N) is 1. The Kier molecular flexibility index (Phi) is 7.02. The van der Waals surface area contributed by atoms with E-state index < -0.39 is 29.7 Å². The summed E-state index contributed by atoms with van der Waals surface area (Å²) in [5.74, 6) is -2.60. The second kappa shape index (κ2) is 9.53. The number of likely N-dealkylation sites (N-methyl/N-ethyl adjacent to an activating group) is 1. The van der Waals surface area contributed by atoms with Crippen LogP contribution in [0.1, 0.15) is 18.5 Å². The number of benzene rings is 2. The summed E-state index contributed by atoms with van der Waals surface area (Å²) < 4.78 is 37.8. The first-order chi connectivity index (χ1) is 14.7. The molecule has 6 nitrogen and oxygen atoms in total. The highest BCUT2D eigenvalue weighted by atomic mass is 35.5. The molecule has 0 spiro atoms. The smallest absolute Gasteiger partial charge is 0.338 e. The maximum absolute atomic E-state index is 14.0. The number of halogens is 4. The van der Waals surface area contributed by atoms with Crippen LogP contribution >= 0.6 is 23.2 Å². The fourth-order valence-electron chi connectivity index (χ4n) is 3.06. The van der Waals surface area contributed by atoms with E-state index in [0.717, 1.165) is 12.1 Å². The van der Waals surface area contributed by atoms with Crippen molar-refractivity contribution in [3.05, 3.63) is 74.9 Å². The molecule has 1 heterocycles. The molecule has 0 saturated carbocycles. The molecular formula is C21H18Cl2F2N2O4. The van der Waals surface area contributed by atoms with E-state index in [9.17, 15) is 18.4 Å². The first-order valence-corrected chi connectivity index (χ1v) is 9.95. The van der Waals surface area contributed by atoms with E-state index in [4.69, 9.17) is 32.7 Å². The minimum atomic E-state index is -0.915. The van der Waals surface area contributed by atoms with Gasteiger partial charge in [-0.1, -0.05) is 29.3 Å². The topological polar surface area (TPSA) is 67.9 Å². The van der Waals surface area contributed by atoms with Gasteiger partial charge in [0.1, 0.15) is 12.4 Å². The van der Waals surface area contributed by atoms with Crippen molar-refractivity contribution in [1.29, 1.82) is 0 Å². The Bertz CT molecular complexity index is 1060. The highest BCUT2D eigenvalue weighted by Gasteiger charge is 2.37. The highest BCUT2D eigenvalue weighted by molar-refractivity contribution is 6.42. The molecule has 0 unspecified atom stereocenters. The Hall–Kier alpha value is -2.84. The van der Waals surface area contributed by atoms with Gasteiger partial charge in [-0.2, -0.15) is 0 Å². The summed E-state index contributed by atoms with van der Waals surface area (Å²) in [7, 11) is 1.43. The summed E-state index contributed by atoms with van der Waals surface area (Å²) in [6.45, 7) is 1.38. The standard InChI is InChI=1S/C21H18Cl2F2N2O4/c1-3-30-20(28)18-16(10-31-17-7-5-12(24)9-15(17)25)27(2)21(29)26-19(18)11-4-6-13(22)14(23)8-11/h4-9,19H,3,10H2,1-2H3,(H,26,29)/t19-/m0/s1. The van der Waals surface area contributed by atoms with Crippen LogP contribution in [0, 0.1) is 11.6 Å². The normalized spacial score (nSPS) is 16.3. The zero-order chi connectivity index (χ0) is 22.7. The summed E-state index contributed by atoms with van der Waals surface area (Å²) in [6.07, 6.45) is 0. The van der Waals surface area contributed by atoms with Crippen LogP contribution in [-0.2, 0) is 9.53 Å². The number of carbonyl (C=O) groups excluding carboxylic acids is 2. The third kappa shape index (κ3) is 4.91. The second-order valence-corrected chi connectivity index (χ2v) is 7.37. The van der Waals surface area contributed by atoms with Crippen molar-refractivity contribution < 1.29 is 27.8 Å². The van der Waals surface area contributed by atoms with Crippen molar-refractivity contribution in [3.63, 3.8) is 0 Å². The monoisotopic (exact) mass is 470 g/mol. The summed E-state index contributed by atoms with van der Waals surface area (Å²) in [5, 5.41) is 3.26. The van der Waals surface area contributed by atoms with E-state index in [0.29, 0.717) is 16.7 Å². The van der Waals surface area contributed by atoms with Gasteiger partial charge in [-0.3, -0.25) is 4.90 Å². The molecule has 1 atom stereocenters. The van der Waals surface area contributed by atoms with Crippen LogP contribution in [0.4, 0.5) is 13.6 Å². The van der Waals surface area contributed by atoms with Crippen LogP contribution in [0.15, 0.2) is 47.7 Å². The number of rotatable bonds is 6. The van der Waals surface area contributed by atoms with Crippen molar-refractivity contribution in [1.82, 2.24) is 10.2 Å². The van der Waals surface area contributed by atoms with Gasteiger partial charge in [0.05, 0.1) is 34.0 Å². The van der Waals surface area contributed by atoms with Crippen LogP contribution in [0.2, 0.25) is 10.0 Å². The predicted molar refractivity (Wildman–Crippen MR) is 111 cm³/mol. The molecule has 2 aromatic carbocycles. The van der Waals surface area contributed by atoms with Gasteiger partial charge in [-0.15, -0.1) is 0 Å². The minimum absolute atomic E-state index is 0.0878. The first kappa shape index (κ1) is 22.8. The van der Waals surface area contributed by atoms with Gasteiger partial charge in [-0.25, -0.2) is 18.4 Å². The molecule has 164 valence electrons. The zero-order valence-electron chi connectivity index (χ0n) is 16.5. The molecule has 0 aromatic heterocycles. The van der Waals surface area contributed by atoms with Gasteiger partial charge in [0.15, 0.2) is 11.6 Å². The van der Waals surface area contributed by atoms with E-state index in [2.05, 4.69) is 5.32 Å². The fraction of sp³-hybridized carbons (Fsp3) is 0.238. The van der Waals surface area contributed by atoms with E-state index in [1.807, 2.05) is 0 Å². The van der Waals surface area contributed by atoms with Crippen molar-refractivity contribution in [2.75, 3.05) is 20.3 Å². The lowest BCUT2D eigenvalue weighted by Crippen LogP contribution is -2.48. The Balaban J connectivity index is 2.06. The molecule has 2 aromatic rings. The molecule has 31 heavy (non-hydrogen) atoms. The van der Waals surface area contributed by atoms with Gasteiger partial charge in [-0.05, 0) is 36.8 Å². The van der Waals surface area contributed by atoms with Gasteiger partial charge in [0.25, 0.3) is 0 Å². The number of carbonyl (C=O) groups is 2. The summed E-state index contributed by atoms with van der Waals surface area (Å²) in [6, 6.07) is 6.07. The Morgan fingerprint density at radius 1 is 1.16 bits per heavy atom. The lowest BCUT2D eigenvalue weighted by atomic mass is 9.94. The summed E-state index contributed by atoms with van der Waals surface area (Å²) in [4.78, 5) is 26.6. The largest absolute Gasteiger partial charge is 0.484 e. The van der Waals surface area contributed by atoms with E-state index in [-0.39, 0.29) is 35.3 Å². The summed E-state index contributed by atoms with van der Waals surface area (Å²) >= 11 is 12.1. The molecule has 0 fully saturated rings. The van der Waals surface area contributed by atoms with Crippen molar-refractivity contribution in [2.45, 2.75) is 13.0 Å². The molecular weight excluding hydrogens is 453 g/mol. The van der Waals surface area contributed by atoms with Gasteiger partial charge < -0.3 is 14.8 Å². The number of esters is 1. The second-order valence-electron chi connectivity index (χ2n) is 6.56. The van der Waals surface area contributed by atoms with Crippen LogP contribution in [0.3, 0.4) is 0 Å². The number of urea groups is 1. The first-order valence-electron chi connectivity index (χ1n) is 9.20. The highest BCUT2D eigenvalue weighted by Crippen LogP contribution is 2.34. The van der Waals surface area contributed by atoms with Crippen molar-refractivity contribution in [3.8, 4) is 5.75 Å². The van der Waals surface area contributed by atoms with E-state index in [1.165, 1.54) is 24.1 Å². The summed E-state index contributed by atoms with van der Waals surface area (Å²) in [5.41, 5.74) is 0.733. The number of nitrogens with one attached hydrogen (secondary N) is 1. The Labute approximate surface area is 187 Å². The maximum Gasteiger partial charge on any atom is 0.338 e. The lowest BCUT2D eigenvalue weighted by molar-refractivity contribution is -0.139. The minimum Gasteiger partial charge on any atom is -0.484 e. The number of hydrogen-bond donors (Lipinski definition) is 1. The number of hydrogen-bond acceptors (Lipinski definition) is 4. The molecule has 1 N–H and O–H groups in total. The molecule has 1 aliphatic rings. The van der Waals surface area contributed by atoms with Gasteiger partial charge in [0.2, 0.25) is 0 Å². The molecule has 1 aliphatic heterocycles. The quantitative estimate of drug-likeness (QED) is 0.611. The molecule has 0 bridgehead atoms. The molecule has 0 radical (unpaired) electrons. The van der Waals surface area contributed by atoms with Crippen LogP contribution in [0.5, 0.6) is 5.75 Å². The van der Waals surface area contributed by atoms with E-state index >= 15 is 0 Å². The van der Waals surface area contributed by atoms with Crippen LogP contribution in [-0.4, -0.2) is 37.2 Å². The Morgan fingerprint density at radius 3 is 2.55 bits per heavy atom. The molecule has 2 amide bonds. The molecule has 3 rings (SSSR count). The zero-order valence-corrected chi connectivity index (χ0v) is 18.1. The van der Waals surface area contributed by atoms with Gasteiger partial charge in [0, 0.05) is 13.1 Å². The molecule has 10 heteroatoms. The number of amides is 2. The Morgan fingerprint density at radius 2 is 1.90 bits per heavy atom. The number of ether oxygens (including phenoxy) is 2. The van der Waals surface area contributed by atoms with Gasteiger partial charge >= 0.3 is 12.0 Å². The average Bonchev–Trinajstić information content (AvgIpc) is 2.72. The molecule has 0 aliphatic carbocycles. The molecule has 0 saturated heterocycles. The SMILES string of the molecule is CCOC(=O)C1=C(COc2ccc(F)cc2F)N(C)C(=O)N[C@H]1c1ccc(Cl)c(Cl)c1. The lowest BCUT2D eigenvalue weighted by Gasteiger charge is -2.34. The average molecular weight is 471 g/mol. The fourth-order valence-corrected chi connectivity index (χ4v) is 3.37. The third-order valence-corrected chi connectivity index (χ3v) is 5.35. The third-order valence-electron chi connectivity index (χ3n) is 4.61. The van der Waals surface area contributed by atoms with Crippen molar-refractivity contribution >= 4 is 35.2 Å². The van der Waals surface area contributed by atoms with Crippen LogP contribution < -0.4 is 10.1 Å². The predicted octanol–water partition coefficient (Wildman–Crippen LogP) is 4.86. The van der Waals surface area contributed by atoms with E-state index in [1.54, 1.807) is 13.0 Å².